The van der Waals surface area contributed by atoms with Crippen LogP contribution >= 0.6 is 23.7 Å². The van der Waals surface area contributed by atoms with Gasteiger partial charge in [-0.1, -0.05) is 24.2 Å². The number of aromatic nitrogens is 1. The van der Waals surface area contributed by atoms with Crippen LogP contribution in [0.15, 0.2) is 12.1 Å². The van der Waals surface area contributed by atoms with Crippen LogP contribution in [0.25, 0.3) is 10.2 Å². The second-order valence-corrected chi connectivity index (χ2v) is 7.51. The lowest BCUT2D eigenvalue weighted by atomic mass is 10.1. The van der Waals surface area contributed by atoms with E-state index in [1.807, 2.05) is 19.0 Å². The number of benzene rings is 1. The number of likely N-dealkylation sites (N-methyl/N-ethyl adjacent to an activating group) is 1. The molecule has 2 aromatic rings. The van der Waals surface area contributed by atoms with Crippen LogP contribution < -0.4 is 4.90 Å². The molecule has 0 bridgehead atoms. The molecule has 1 aliphatic rings. The Morgan fingerprint density at radius 3 is 2.56 bits per heavy atom. The van der Waals surface area contributed by atoms with Gasteiger partial charge in [0, 0.05) is 25.1 Å². The summed E-state index contributed by atoms with van der Waals surface area (Å²) in [5, 5.41) is 0.452. The van der Waals surface area contributed by atoms with Gasteiger partial charge in [-0.25, -0.2) is 13.8 Å². The van der Waals surface area contributed by atoms with E-state index < -0.39 is 11.6 Å². The highest BCUT2D eigenvalue weighted by atomic mass is 35.5. The average Bonchev–Trinajstić information content (AvgIpc) is 3.16. The van der Waals surface area contributed by atoms with Crippen LogP contribution in [0, 0.1) is 17.6 Å². The third-order valence-electron chi connectivity index (χ3n) is 4.37. The molecule has 0 saturated heterocycles. The van der Waals surface area contributed by atoms with Gasteiger partial charge in [0.05, 0.1) is 4.70 Å². The summed E-state index contributed by atoms with van der Waals surface area (Å²) in [6, 6.07) is 2.10. The van der Waals surface area contributed by atoms with Crippen molar-refractivity contribution in [3.63, 3.8) is 0 Å². The molecule has 1 aromatic heterocycles. The van der Waals surface area contributed by atoms with Crippen LogP contribution in [0.1, 0.15) is 25.7 Å². The average molecular weight is 390 g/mol. The number of hydrogen-bond donors (Lipinski definition) is 0. The molecule has 1 saturated carbocycles. The fourth-order valence-electron chi connectivity index (χ4n) is 3.05. The Morgan fingerprint density at radius 2 is 1.92 bits per heavy atom. The second kappa shape index (κ2) is 8.38. The first kappa shape index (κ1) is 20.0. The Kier molecular flexibility index (Phi) is 6.71. The van der Waals surface area contributed by atoms with Crippen LogP contribution in [0.5, 0.6) is 0 Å². The maximum atomic E-state index is 13.9. The Bertz CT molecular complexity index is 747. The molecule has 0 spiro atoms. The molecule has 1 amide bonds. The summed E-state index contributed by atoms with van der Waals surface area (Å²) in [5.41, 5.74) is 0.130. The van der Waals surface area contributed by atoms with Gasteiger partial charge < -0.3 is 4.90 Å². The molecule has 0 N–H and O–H groups in total. The lowest BCUT2D eigenvalue weighted by molar-refractivity contribution is -0.122. The van der Waals surface area contributed by atoms with Gasteiger partial charge in [0.15, 0.2) is 10.9 Å². The molecule has 0 radical (unpaired) electrons. The number of fused-ring (bicyclic) bond motifs is 1. The molecule has 3 rings (SSSR count). The summed E-state index contributed by atoms with van der Waals surface area (Å²) in [6.07, 6.45) is 3.92. The van der Waals surface area contributed by atoms with E-state index in [-0.39, 0.29) is 29.7 Å². The minimum Gasteiger partial charge on any atom is -0.308 e. The van der Waals surface area contributed by atoms with Crippen molar-refractivity contribution in [2.45, 2.75) is 25.7 Å². The molecule has 0 unspecified atom stereocenters. The van der Waals surface area contributed by atoms with E-state index in [9.17, 15) is 13.6 Å². The molecule has 138 valence electrons. The van der Waals surface area contributed by atoms with Crippen molar-refractivity contribution in [3.05, 3.63) is 23.8 Å². The predicted molar refractivity (Wildman–Crippen MR) is 99.6 cm³/mol. The molecule has 1 fully saturated rings. The maximum absolute atomic E-state index is 13.9. The van der Waals surface area contributed by atoms with E-state index in [4.69, 9.17) is 0 Å². The fraction of sp³-hybridized carbons (Fsp3) is 0.529. The Balaban J connectivity index is 0.00000225. The van der Waals surface area contributed by atoms with Crippen molar-refractivity contribution in [1.82, 2.24) is 9.88 Å². The van der Waals surface area contributed by atoms with E-state index >= 15 is 0 Å². The van der Waals surface area contributed by atoms with Crippen LogP contribution in [0.4, 0.5) is 13.9 Å². The molecule has 0 atom stereocenters. The Labute approximate surface area is 156 Å². The largest absolute Gasteiger partial charge is 0.308 e. The number of amides is 1. The van der Waals surface area contributed by atoms with Crippen LogP contribution in [-0.2, 0) is 4.79 Å². The first-order valence-corrected chi connectivity index (χ1v) is 8.99. The first-order valence-electron chi connectivity index (χ1n) is 8.17. The van der Waals surface area contributed by atoms with Crippen molar-refractivity contribution in [2.75, 3.05) is 32.1 Å². The number of nitrogens with zero attached hydrogens (tertiary/aromatic N) is 3. The molecule has 0 aliphatic heterocycles. The predicted octanol–water partition coefficient (Wildman–Crippen LogP) is 4.08. The standard InChI is InChI=1S/C17H21F2N3OS.ClH/c1-21(2)7-8-22(16(23)11-5-3-4-6-11)17-20-15-13(19)9-12(18)10-14(15)24-17;/h9-11H,3-8H2,1-2H3;1H. The highest BCUT2D eigenvalue weighted by molar-refractivity contribution is 7.22. The number of anilines is 1. The molecule has 1 heterocycles. The maximum Gasteiger partial charge on any atom is 0.231 e. The fourth-order valence-corrected chi connectivity index (χ4v) is 4.09. The topological polar surface area (TPSA) is 36.4 Å². The zero-order chi connectivity index (χ0) is 17.3. The summed E-state index contributed by atoms with van der Waals surface area (Å²) in [5.74, 6) is -1.25. The number of hydrogen-bond acceptors (Lipinski definition) is 4. The van der Waals surface area contributed by atoms with Crippen molar-refractivity contribution in [1.29, 1.82) is 0 Å². The van der Waals surface area contributed by atoms with Gasteiger partial charge in [0.1, 0.15) is 11.3 Å². The SMILES string of the molecule is CN(C)CCN(C(=O)C1CCCC1)c1nc2c(F)cc(F)cc2s1.Cl. The van der Waals surface area contributed by atoms with Crippen molar-refractivity contribution in [2.24, 2.45) is 5.92 Å². The molecule has 1 aromatic carbocycles. The molecule has 4 nitrogen and oxygen atoms in total. The monoisotopic (exact) mass is 389 g/mol. The van der Waals surface area contributed by atoms with Crippen molar-refractivity contribution >= 4 is 45.0 Å². The summed E-state index contributed by atoms with van der Waals surface area (Å²) >= 11 is 1.17. The second-order valence-electron chi connectivity index (χ2n) is 6.51. The first-order chi connectivity index (χ1) is 11.5. The van der Waals surface area contributed by atoms with E-state index in [1.165, 1.54) is 17.4 Å². The number of carbonyl (C=O) groups is 1. The van der Waals surface area contributed by atoms with Gasteiger partial charge in [0.25, 0.3) is 0 Å². The summed E-state index contributed by atoms with van der Waals surface area (Å²) in [6.45, 7) is 1.18. The molecule has 1 aliphatic carbocycles. The zero-order valence-electron chi connectivity index (χ0n) is 14.3. The van der Waals surface area contributed by atoms with Gasteiger partial charge >= 0.3 is 0 Å². The summed E-state index contributed by atoms with van der Waals surface area (Å²) in [4.78, 5) is 20.8. The normalized spacial score (nSPS) is 14.9. The summed E-state index contributed by atoms with van der Waals surface area (Å²) < 4.78 is 27.8. The van der Waals surface area contributed by atoms with Gasteiger partial charge in [-0.05, 0) is 33.0 Å². The summed E-state index contributed by atoms with van der Waals surface area (Å²) in [7, 11) is 3.87. The number of thiazole rings is 1. The third kappa shape index (κ3) is 4.46. The molecule has 25 heavy (non-hydrogen) atoms. The minimum absolute atomic E-state index is 0. The number of carbonyl (C=O) groups excluding carboxylic acids is 1. The lowest BCUT2D eigenvalue weighted by Gasteiger charge is -2.24. The minimum atomic E-state index is -0.687. The van der Waals surface area contributed by atoms with E-state index in [2.05, 4.69) is 4.98 Å². The van der Waals surface area contributed by atoms with E-state index in [0.29, 0.717) is 22.9 Å². The molecule has 8 heteroatoms. The van der Waals surface area contributed by atoms with E-state index in [1.54, 1.807) is 4.90 Å². The Hall–Kier alpha value is -1.31. The van der Waals surface area contributed by atoms with Crippen molar-refractivity contribution < 1.29 is 13.6 Å². The van der Waals surface area contributed by atoms with Crippen molar-refractivity contribution in [3.8, 4) is 0 Å². The smallest absolute Gasteiger partial charge is 0.231 e. The van der Waals surface area contributed by atoms with Crippen LogP contribution in [-0.4, -0.2) is 43.0 Å². The molecular formula is C17H22ClF2N3OS. The number of rotatable bonds is 5. The number of halogens is 3. The highest BCUT2D eigenvalue weighted by Crippen LogP contribution is 2.34. The Morgan fingerprint density at radius 1 is 1.24 bits per heavy atom. The van der Waals surface area contributed by atoms with Gasteiger partial charge in [-0.3, -0.25) is 9.69 Å². The van der Waals surface area contributed by atoms with Gasteiger partial charge in [-0.2, -0.15) is 0 Å². The third-order valence-corrected chi connectivity index (χ3v) is 5.40. The van der Waals surface area contributed by atoms with Crippen LogP contribution in [0.3, 0.4) is 0 Å². The zero-order valence-corrected chi connectivity index (χ0v) is 15.9. The van der Waals surface area contributed by atoms with E-state index in [0.717, 1.165) is 31.7 Å². The highest BCUT2D eigenvalue weighted by Gasteiger charge is 2.30. The lowest BCUT2D eigenvalue weighted by Crippen LogP contribution is -2.39. The van der Waals surface area contributed by atoms with Gasteiger partial charge in [0.2, 0.25) is 5.91 Å². The van der Waals surface area contributed by atoms with Gasteiger partial charge in [-0.15, -0.1) is 12.4 Å². The quantitative estimate of drug-likeness (QED) is 0.773. The molecular weight excluding hydrogens is 368 g/mol. The van der Waals surface area contributed by atoms with Crippen LogP contribution in [0.2, 0.25) is 0 Å².